The van der Waals surface area contributed by atoms with Crippen molar-refractivity contribution < 1.29 is 14.7 Å². The number of likely N-dealkylation sites (tertiary alicyclic amines) is 2. The molecule has 0 aromatic heterocycles. The lowest BCUT2D eigenvalue weighted by molar-refractivity contribution is -0.140. The Morgan fingerprint density at radius 2 is 1.73 bits per heavy atom. The van der Waals surface area contributed by atoms with E-state index in [0.717, 1.165) is 45.1 Å². The highest BCUT2D eigenvalue weighted by Gasteiger charge is 2.53. The first-order valence-electron chi connectivity index (χ1n) is 8.41. The number of piperidine rings is 1. The molecule has 0 spiro atoms. The molecule has 1 atom stereocenters. The van der Waals surface area contributed by atoms with E-state index in [1.807, 2.05) is 9.80 Å². The summed E-state index contributed by atoms with van der Waals surface area (Å²) in [6.07, 6.45) is 5.06. The summed E-state index contributed by atoms with van der Waals surface area (Å²) in [5.74, 6) is 0.203. The van der Waals surface area contributed by atoms with Crippen LogP contribution in [-0.4, -0.2) is 77.1 Å². The number of rotatable bonds is 2. The molecule has 0 aromatic carbocycles. The summed E-state index contributed by atoms with van der Waals surface area (Å²) in [5, 5.41) is 10.4. The molecule has 3 rings (SSSR count). The van der Waals surface area contributed by atoms with E-state index in [1.165, 1.54) is 0 Å². The van der Waals surface area contributed by atoms with Gasteiger partial charge in [-0.25, -0.2) is 4.79 Å². The number of carbonyl (C=O) groups excluding carboxylic acids is 2. The van der Waals surface area contributed by atoms with Crippen LogP contribution in [0.2, 0.25) is 0 Å². The van der Waals surface area contributed by atoms with E-state index in [0.29, 0.717) is 13.1 Å². The predicted molar refractivity (Wildman–Crippen MR) is 82.3 cm³/mol. The minimum Gasteiger partial charge on any atom is -0.388 e. The summed E-state index contributed by atoms with van der Waals surface area (Å²) < 4.78 is 0. The first-order chi connectivity index (χ1) is 10.4. The number of urea groups is 1. The number of hydrogen-bond acceptors (Lipinski definition) is 3. The normalized spacial score (nSPS) is 27.9. The van der Waals surface area contributed by atoms with E-state index >= 15 is 0 Å². The van der Waals surface area contributed by atoms with Crippen LogP contribution in [0.3, 0.4) is 0 Å². The van der Waals surface area contributed by atoms with Crippen LogP contribution in [-0.2, 0) is 4.79 Å². The Bertz CT molecular complexity index is 454. The van der Waals surface area contributed by atoms with Crippen LogP contribution in [0.25, 0.3) is 0 Å². The highest BCUT2D eigenvalue weighted by atomic mass is 16.3. The van der Waals surface area contributed by atoms with Crippen molar-refractivity contribution in [1.82, 2.24) is 14.7 Å². The summed E-state index contributed by atoms with van der Waals surface area (Å²) in [5.41, 5.74) is -0.603. The first-order valence-corrected chi connectivity index (χ1v) is 8.41. The quantitative estimate of drug-likeness (QED) is 0.824. The molecular formula is C16H27N3O3. The lowest BCUT2D eigenvalue weighted by Gasteiger charge is -2.36. The van der Waals surface area contributed by atoms with Crippen LogP contribution in [0.1, 0.15) is 38.5 Å². The van der Waals surface area contributed by atoms with Crippen molar-refractivity contribution in [2.45, 2.75) is 50.2 Å². The number of amides is 3. The lowest BCUT2D eigenvalue weighted by atomic mass is 9.94. The zero-order valence-electron chi connectivity index (χ0n) is 13.6. The van der Waals surface area contributed by atoms with Gasteiger partial charge in [-0.05, 0) is 38.5 Å². The molecule has 22 heavy (non-hydrogen) atoms. The molecule has 1 N–H and O–H groups in total. The van der Waals surface area contributed by atoms with E-state index in [-0.39, 0.29) is 23.9 Å². The Labute approximate surface area is 132 Å². The second-order valence-corrected chi connectivity index (χ2v) is 7.23. The van der Waals surface area contributed by atoms with Gasteiger partial charge in [0.25, 0.3) is 0 Å². The molecule has 0 radical (unpaired) electrons. The van der Waals surface area contributed by atoms with Gasteiger partial charge in [-0.3, -0.25) is 4.79 Å². The average molecular weight is 309 g/mol. The second kappa shape index (κ2) is 5.72. The first kappa shape index (κ1) is 15.6. The Hall–Kier alpha value is -1.30. The highest BCUT2D eigenvalue weighted by molar-refractivity contribution is 5.80. The fourth-order valence-electron chi connectivity index (χ4n) is 3.89. The van der Waals surface area contributed by atoms with Gasteiger partial charge >= 0.3 is 6.03 Å². The number of carbonyl (C=O) groups is 2. The van der Waals surface area contributed by atoms with E-state index in [1.54, 1.807) is 19.0 Å². The van der Waals surface area contributed by atoms with Crippen LogP contribution in [0.15, 0.2) is 0 Å². The lowest BCUT2D eigenvalue weighted by Crippen LogP contribution is -2.50. The average Bonchev–Trinajstić information content (AvgIpc) is 3.07. The molecule has 3 fully saturated rings. The van der Waals surface area contributed by atoms with Gasteiger partial charge in [-0.15, -0.1) is 0 Å². The van der Waals surface area contributed by atoms with Gasteiger partial charge in [-0.1, -0.05) is 0 Å². The Kier molecular flexibility index (Phi) is 4.05. The molecule has 1 saturated carbocycles. The summed E-state index contributed by atoms with van der Waals surface area (Å²) in [4.78, 5) is 30.1. The monoisotopic (exact) mass is 309 g/mol. The molecule has 2 aliphatic heterocycles. The molecule has 1 aliphatic carbocycles. The maximum Gasteiger partial charge on any atom is 0.319 e. The van der Waals surface area contributed by atoms with Crippen LogP contribution in [0.4, 0.5) is 4.79 Å². The van der Waals surface area contributed by atoms with Crippen LogP contribution < -0.4 is 0 Å². The molecule has 1 unspecified atom stereocenters. The maximum absolute atomic E-state index is 12.8. The molecular weight excluding hydrogens is 282 g/mol. The Morgan fingerprint density at radius 1 is 1.09 bits per heavy atom. The van der Waals surface area contributed by atoms with Crippen molar-refractivity contribution >= 4 is 11.9 Å². The maximum atomic E-state index is 12.8. The largest absolute Gasteiger partial charge is 0.388 e. The fourth-order valence-corrected chi connectivity index (χ4v) is 3.89. The molecule has 124 valence electrons. The van der Waals surface area contributed by atoms with Crippen molar-refractivity contribution in [3.05, 3.63) is 0 Å². The van der Waals surface area contributed by atoms with Crippen LogP contribution in [0, 0.1) is 5.92 Å². The topological polar surface area (TPSA) is 64.1 Å². The molecule has 0 bridgehead atoms. The molecule has 3 aliphatic rings. The van der Waals surface area contributed by atoms with Gasteiger partial charge in [-0.2, -0.15) is 0 Å². The van der Waals surface area contributed by atoms with Crippen molar-refractivity contribution in [2.75, 3.05) is 33.7 Å². The highest BCUT2D eigenvalue weighted by Crippen LogP contribution is 2.45. The van der Waals surface area contributed by atoms with Crippen molar-refractivity contribution in [2.24, 2.45) is 5.92 Å². The smallest absolute Gasteiger partial charge is 0.319 e. The molecule has 6 heteroatoms. The Balaban J connectivity index is 1.57. The van der Waals surface area contributed by atoms with E-state index < -0.39 is 5.60 Å². The third kappa shape index (κ3) is 2.81. The van der Waals surface area contributed by atoms with Crippen molar-refractivity contribution in [3.8, 4) is 0 Å². The predicted octanol–water partition coefficient (Wildman–Crippen LogP) is 0.896. The minimum atomic E-state index is -0.603. The van der Waals surface area contributed by atoms with Gasteiger partial charge in [0.15, 0.2) is 0 Å². The summed E-state index contributed by atoms with van der Waals surface area (Å²) in [6.45, 7) is 2.08. The van der Waals surface area contributed by atoms with Crippen LogP contribution >= 0.6 is 0 Å². The minimum absolute atomic E-state index is 0.00848. The summed E-state index contributed by atoms with van der Waals surface area (Å²) >= 11 is 0. The zero-order chi connectivity index (χ0) is 15.9. The van der Waals surface area contributed by atoms with Gasteiger partial charge < -0.3 is 19.8 Å². The SMILES string of the molecule is CN(C)C(=O)N1CCC(C(=O)N2CCCC2C2(O)CC2)CC1. The molecule has 2 heterocycles. The third-order valence-corrected chi connectivity index (χ3v) is 5.42. The van der Waals surface area contributed by atoms with Gasteiger partial charge in [0.2, 0.25) is 5.91 Å². The van der Waals surface area contributed by atoms with E-state index in [2.05, 4.69) is 0 Å². The van der Waals surface area contributed by atoms with Crippen LogP contribution in [0.5, 0.6) is 0 Å². The van der Waals surface area contributed by atoms with E-state index in [9.17, 15) is 14.7 Å². The van der Waals surface area contributed by atoms with Gasteiger partial charge in [0.05, 0.1) is 11.6 Å². The standard InChI is InChI=1S/C16H27N3O3/c1-17(2)15(21)18-10-5-12(6-11-18)14(20)19-9-3-4-13(19)16(22)7-8-16/h12-13,22H,3-11H2,1-2H3. The summed E-state index contributed by atoms with van der Waals surface area (Å²) in [6, 6.07) is 0.0543. The molecule has 2 saturated heterocycles. The third-order valence-electron chi connectivity index (χ3n) is 5.42. The summed E-state index contributed by atoms with van der Waals surface area (Å²) in [7, 11) is 3.51. The number of hydrogen-bond donors (Lipinski definition) is 1. The fraction of sp³-hybridized carbons (Fsp3) is 0.875. The van der Waals surface area contributed by atoms with Gasteiger partial charge in [0, 0.05) is 39.6 Å². The molecule has 3 amide bonds. The number of aliphatic hydroxyl groups is 1. The Morgan fingerprint density at radius 3 is 2.27 bits per heavy atom. The number of nitrogens with zero attached hydrogens (tertiary/aromatic N) is 3. The molecule has 6 nitrogen and oxygen atoms in total. The van der Waals surface area contributed by atoms with Crippen molar-refractivity contribution in [3.63, 3.8) is 0 Å². The van der Waals surface area contributed by atoms with E-state index in [4.69, 9.17) is 0 Å². The van der Waals surface area contributed by atoms with Crippen molar-refractivity contribution in [1.29, 1.82) is 0 Å². The molecule has 0 aromatic rings. The van der Waals surface area contributed by atoms with Gasteiger partial charge in [0.1, 0.15) is 0 Å². The zero-order valence-corrected chi connectivity index (χ0v) is 13.6. The second-order valence-electron chi connectivity index (χ2n) is 7.23.